The summed E-state index contributed by atoms with van der Waals surface area (Å²) in [6, 6.07) is 0. The molecule has 0 aliphatic carbocycles. The molecule has 9 heavy (non-hydrogen) atoms. The van der Waals surface area contributed by atoms with Crippen LogP contribution >= 0.6 is 23.0 Å². The van der Waals surface area contributed by atoms with Gasteiger partial charge in [0.1, 0.15) is 23.0 Å². The second kappa shape index (κ2) is 4.46. The molecular weight excluding hydrogens is 229 g/mol. The van der Waals surface area contributed by atoms with Gasteiger partial charge in [0.25, 0.3) is 0 Å². The predicted molar refractivity (Wildman–Crippen MR) is 45.6 cm³/mol. The van der Waals surface area contributed by atoms with Crippen molar-refractivity contribution in [3.63, 3.8) is 0 Å². The zero-order valence-corrected chi connectivity index (χ0v) is 7.63. The van der Waals surface area contributed by atoms with E-state index >= 15 is 0 Å². The SMILES string of the molecule is IOCCN1CCCC1. The van der Waals surface area contributed by atoms with Crippen molar-refractivity contribution < 1.29 is 3.07 Å². The summed E-state index contributed by atoms with van der Waals surface area (Å²) < 4.78 is 4.93. The Balaban J connectivity index is 1.98. The second-order valence-corrected chi connectivity index (χ2v) is 2.98. The van der Waals surface area contributed by atoms with Crippen molar-refractivity contribution in [1.82, 2.24) is 4.90 Å². The Morgan fingerprint density at radius 2 is 2.00 bits per heavy atom. The van der Waals surface area contributed by atoms with Gasteiger partial charge >= 0.3 is 0 Å². The molecule has 0 aromatic carbocycles. The number of nitrogens with zero attached hydrogens (tertiary/aromatic N) is 1. The summed E-state index contributed by atoms with van der Waals surface area (Å²) in [4.78, 5) is 2.44. The first-order valence-corrected chi connectivity index (χ1v) is 4.27. The molecule has 0 spiro atoms. The van der Waals surface area contributed by atoms with E-state index in [-0.39, 0.29) is 0 Å². The van der Waals surface area contributed by atoms with Crippen molar-refractivity contribution in [3.05, 3.63) is 0 Å². The molecule has 1 heterocycles. The molecule has 0 aromatic heterocycles. The fourth-order valence-corrected chi connectivity index (χ4v) is 1.37. The highest BCUT2D eigenvalue weighted by Crippen LogP contribution is 2.06. The predicted octanol–water partition coefficient (Wildman–Crippen LogP) is 1.45. The van der Waals surface area contributed by atoms with Crippen LogP contribution in [-0.2, 0) is 3.07 Å². The maximum absolute atomic E-state index is 4.93. The minimum Gasteiger partial charge on any atom is -0.314 e. The zero-order chi connectivity index (χ0) is 6.53. The van der Waals surface area contributed by atoms with Crippen molar-refractivity contribution in [2.24, 2.45) is 0 Å². The van der Waals surface area contributed by atoms with E-state index in [1.807, 2.05) is 23.0 Å². The Kier molecular flexibility index (Phi) is 3.85. The third-order valence-corrected chi connectivity index (χ3v) is 2.12. The van der Waals surface area contributed by atoms with Crippen molar-refractivity contribution in [2.45, 2.75) is 12.8 Å². The average molecular weight is 241 g/mol. The van der Waals surface area contributed by atoms with Crippen LogP contribution in [0, 0.1) is 0 Å². The maximum atomic E-state index is 4.93. The molecule has 0 radical (unpaired) electrons. The third-order valence-electron chi connectivity index (χ3n) is 1.68. The van der Waals surface area contributed by atoms with E-state index in [9.17, 15) is 0 Å². The van der Waals surface area contributed by atoms with Gasteiger partial charge in [0.15, 0.2) is 0 Å². The van der Waals surface area contributed by atoms with Crippen LogP contribution in [0.15, 0.2) is 0 Å². The maximum Gasteiger partial charge on any atom is 0.109 e. The topological polar surface area (TPSA) is 12.5 Å². The summed E-state index contributed by atoms with van der Waals surface area (Å²) >= 11 is 1.95. The number of hydrogen-bond donors (Lipinski definition) is 0. The van der Waals surface area contributed by atoms with Gasteiger partial charge in [0, 0.05) is 6.54 Å². The van der Waals surface area contributed by atoms with E-state index in [4.69, 9.17) is 3.07 Å². The van der Waals surface area contributed by atoms with Crippen LogP contribution in [0.1, 0.15) is 12.8 Å². The smallest absolute Gasteiger partial charge is 0.109 e. The first kappa shape index (κ1) is 7.75. The van der Waals surface area contributed by atoms with Crippen LogP contribution in [0.2, 0.25) is 0 Å². The normalized spacial score (nSPS) is 21.0. The van der Waals surface area contributed by atoms with Gasteiger partial charge < -0.3 is 7.97 Å². The van der Waals surface area contributed by atoms with Gasteiger partial charge in [0.05, 0.1) is 6.61 Å². The van der Waals surface area contributed by atoms with Crippen LogP contribution in [0.3, 0.4) is 0 Å². The van der Waals surface area contributed by atoms with Crippen molar-refractivity contribution >= 4 is 23.0 Å². The quantitative estimate of drug-likeness (QED) is 0.693. The average Bonchev–Trinajstić information content (AvgIpc) is 2.34. The molecule has 54 valence electrons. The highest BCUT2D eigenvalue weighted by atomic mass is 127. The molecule has 1 fully saturated rings. The Labute approximate surface area is 70.2 Å². The molecule has 1 aliphatic rings. The van der Waals surface area contributed by atoms with E-state index in [1.54, 1.807) is 0 Å². The molecule has 2 nitrogen and oxygen atoms in total. The van der Waals surface area contributed by atoms with E-state index in [2.05, 4.69) is 4.90 Å². The van der Waals surface area contributed by atoms with Crippen LogP contribution in [0.25, 0.3) is 0 Å². The Hall–Kier alpha value is 0.650. The lowest BCUT2D eigenvalue weighted by Gasteiger charge is -2.11. The van der Waals surface area contributed by atoms with Gasteiger partial charge in [-0.15, -0.1) is 0 Å². The zero-order valence-electron chi connectivity index (χ0n) is 5.48. The van der Waals surface area contributed by atoms with Crippen LogP contribution < -0.4 is 0 Å². The molecule has 1 rings (SSSR count). The number of halogens is 1. The lowest BCUT2D eigenvalue weighted by molar-refractivity contribution is 0.280. The first-order chi connectivity index (χ1) is 4.43. The highest BCUT2D eigenvalue weighted by Gasteiger charge is 2.09. The second-order valence-electron chi connectivity index (χ2n) is 2.36. The third kappa shape index (κ3) is 2.82. The molecule has 0 aromatic rings. The van der Waals surface area contributed by atoms with Gasteiger partial charge in [-0.25, -0.2) is 0 Å². The van der Waals surface area contributed by atoms with Crippen LogP contribution in [0.5, 0.6) is 0 Å². The fraction of sp³-hybridized carbons (Fsp3) is 1.00. The van der Waals surface area contributed by atoms with Gasteiger partial charge in [0.2, 0.25) is 0 Å². The van der Waals surface area contributed by atoms with Crippen molar-refractivity contribution in [2.75, 3.05) is 26.2 Å². The van der Waals surface area contributed by atoms with Crippen molar-refractivity contribution in [1.29, 1.82) is 0 Å². The molecule has 0 unspecified atom stereocenters. The van der Waals surface area contributed by atoms with E-state index in [1.165, 1.54) is 25.9 Å². The van der Waals surface area contributed by atoms with E-state index < -0.39 is 0 Å². The first-order valence-electron chi connectivity index (χ1n) is 3.39. The Morgan fingerprint density at radius 3 is 2.56 bits per heavy atom. The van der Waals surface area contributed by atoms with Gasteiger partial charge in [-0.1, -0.05) is 0 Å². The molecule has 0 atom stereocenters. The van der Waals surface area contributed by atoms with Gasteiger partial charge in [-0.3, -0.25) is 0 Å². The van der Waals surface area contributed by atoms with Gasteiger partial charge in [-0.2, -0.15) is 0 Å². The largest absolute Gasteiger partial charge is 0.314 e. The minimum absolute atomic E-state index is 0.876. The van der Waals surface area contributed by atoms with E-state index in [0.29, 0.717) is 0 Å². The lowest BCUT2D eigenvalue weighted by Crippen LogP contribution is -2.22. The minimum atomic E-state index is 0.876. The lowest BCUT2D eigenvalue weighted by atomic mass is 10.4. The fourth-order valence-electron chi connectivity index (χ4n) is 1.17. The molecule has 0 saturated carbocycles. The van der Waals surface area contributed by atoms with Crippen LogP contribution in [0.4, 0.5) is 0 Å². The molecule has 3 heteroatoms. The summed E-state index contributed by atoms with van der Waals surface area (Å²) in [6.45, 7) is 4.55. The summed E-state index contributed by atoms with van der Waals surface area (Å²) in [5.41, 5.74) is 0. The summed E-state index contributed by atoms with van der Waals surface area (Å²) in [5, 5.41) is 0. The number of likely N-dealkylation sites (tertiary alicyclic amines) is 1. The molecular formula is C6H12INO. The summed E-state index contributed by atoms with van der Waals surface area (Å²) in [7, 11) is 0. The summed E-state index contributed by atoms with van der Waals surface area (Å²) in [5.74, 6) is 0. The number of hydrogen-bond acceptors (Lipinski definition) is 2. The molecule has 0 N–H and O–H groups in total. The van der Waals surface area contributed by atoms with E-state index in [0.717, 1.165) is 13.2 Å². The van der Waals surface area contributed by atoms with Gasteiger partial charge in [-0.05, 0) is 25.9 Å². The highest BCUT2D eigenvalue weighted by molar-refractivity contribution is 14.1. The molecule has 1 saturated heterocycles. The summed E-state index contributed by atoms with van der Waals surface area (Å²) in [6.07, 6.45) is 2.75. The molecule has 1 aliphatic heterocycles. The number of rotatable bonds is 3. The molecule has 0 bridgehead atoms. The standard InChI is InChI=1S/C6H12INO/c7-9-6-5-8-3-1-2-4-8/h1-6H2. The monoisotopic (exact) mass is 241 g/mol. The molecule has 0 amide bonds. The van der Waals surface area contributed by atoms with Crippen LogP contribution in [-0.4, -0.2) is 31.1 Å². The Morgan fingerprint density at radius 1 is 1.33 bits per heavy atom. The Bertz CT molecular complexity index is 73.5. The van der Waals surface area contributed by atoms with Crippen molar-refractivity contribution in [3.8, 4) is 0 Å².